The number of rotatable bonds is 7. The van der Waals surface area contributed by atoms with Gasteiger partial charge in [0.15, 0.2) is 0 Å². The maximum Gasteiger partial charge on any atom is 0.322 e. The maximum atomic E-state index is 12.4. The van der Waals surface area contributed by atoms with Crippen LogP contribution in [0.1, 0.15) is 17.5 Å². The molecule has 1 fully saturated rings. The van der Waals surface area contributed by atoms with Crippen molar-refractivity contribution in [1.82, 2.24) is 4.90 Å². The number of nitrogens with one attached hydrogen (secondary N) is 1. The molecule has 1 saturated heterocycles. The Bertz CT molecular complexity index is 781. The highest BCUT2D eigenvalue weighted by atomic mass is 16.5. The fourth-order valence-electron chi connectivity index (χ4n) is 3.26. The lowest BCUT2D eigenvalue weighted by Crippen LogP contribution is -2.40. The summed E-state index contributed by atoms with van der Waals surface area (Å²) in [6.07, 6.45) is -0.205. The number of nitrogens with zero attached hydrogens (tertiary/aromatic N) is 1. The molecule has 0 aromatic heterocycles. The molecule has 1 aliphatic rings. The Morgan fingerprint density at radius 3 is 2.64 bits per heavy atom. The summed E-state index contributed by atoms with van der Waals surface area (Å²) < 4.78 is 10.9. The Morgan fingerprint density at radius 1 is 1.18 bits per heavy atom. The van der Waals surface area contributed by atoms with Crippen molar-refractivity contribution >= 4 is 11.7 Å². The predicted octanol–water partition coefficient (Wildman–Crippen LogP) is 2.37. The number of β-amino-alcohol motifs (C(OH)–C–C–N with tert-alkyl or cyclic N) is 1. The van der Waals surface area contributed by atoms with Crippen molar-refractivity contribution in [3.05, 3.63) is 59.7 Å². The Labute approximate surface area is 164 Å². The average Bonchev–Trinajstić information content (AvgIpc) is 3.10. The van der Waals surface area contributed by atoms with E-state index in [4.69, 9.17) is 9.47 Å². The number of amides is 2. The van der Waals surface area contributed by atoms with E-state index in [0.717, 1.165) is 16.9 Å². The average molecular weight is 386 g/mol. The van der Waals surface area contributed by atoms with E-state index in [1.165, 1.54) is 4.90 Å². The van der Waals surface area contributed by atoms with E-state index < -0.39 is 6.10 Å². The molecule has 3 rings (SSSR count). The molecule has 2 atom stereocenters. The number of methoxy groups -OCH3 is 1. The van der Waals surface area contributed by atoms with Crippen molar-refractivity contribution in [2.24, 2.45) is 0 Å². The lowest BCUT2D eigenvalue weighted by molar-refractivity contribution is 0.107. The lowest BCUT2D eigenvalue weighted by Gasteiger charge is -2.23. The summed E-state index contributed by atoms with van der Waals surface area (Å²) in [6, 6.07) is 14.4. The topological polar surface area (TPSA) is 91.3 Å². The van der Waals surface area contributed by atoms with Crippen molar-refractivity contribution < 1.29 is 24.5 Å². The van der Waals surface area contributed by atoms with Crippen LogP contribution in [0.5, 0.6) is 5.75 Å². The second-order valence-corrected chi connectivity index (χ2v) is 6.85. The Hall–Kier alpha value is -2.61. The number of likely N-dealkylation sites (tertiary alicyclic amines) is 1. The molecule has 2 amide bonds. The van der Waals surface area contributed by atoms with Gasteiger partial charge in [-0.15, -0.1) is 0 Å². The molecule has 0 unspecified atom stereocenters. The number of hydrogen-bond acceptors (Lipinski definition) is 5. The molecule has 2 aromatic carbocycles. The summed E-state index contributed by atoms with van der Waals surface area (Å²) in [5, 5.41) is 21.9. The molecule has 0 aliphatic carbocycles. The maximum absolute atomic E-state index is 12.4. The molecular weight excluding hydrogens is 360 g/mol. The summed E-state index contributed by atoms with van der Waals surface area (Å²) in [4.78, 5) is 13.9. The SMILES string of the molecule is COc1ccc(COCc2cccc(NC(=O)N3C[C@H](O)C[C@H]3CO)c2)cc1. The molecule has 7 heteroatoms. The van der Waals surface area contributed by atoms with Crippen LogP contribution in [0.4, 0.5) is 10.5 Å². The van der Waals surface area contributed by atoms with Gasteiger partial charge in [0, 0.05) is 12.2 Å². The smallest absolute Gasteiger partial charge is 0.322 e. The van der Waals surface area contributed by atoms with Gasteiger partial charge in [0.25, 0.3) is 0 Å². The number of anilines is 1. The van der Waals surface area contributed by atoms with E-state index in [1.54, 1.807) is 13.2 Å². The Balaban J connectivity index is 1.52. The first kappa shape index (κ1) is 20.1. The molecular formula is C21H26N2O5. The molecule has 0 bridgehead atoms. The summed E-state index contributed by atoms with van der Waals surface area (Å²) >= 11 is 0. The zero-order valence-corrected chi connectivity index (χ0v) is 15.9. The molecule has 150 valence electrons. The van der Waals surface area contributed by atoms with Gasteiger partial charge < -0.3 is 29.9 Å². The third kappa shape index (κ3) is 5.22. The van der Waals surface area contributed by atoms with E-state index in [-0.39, 0.29) is 25.2 Å². The number of aliphatic hydroxyl groups excluding tert-OH is 2. The van der Waals surface area contributed by atoms with E-state index in [9.17, 15) is 15.0 Å². The highest BCUT2D eigenvalue weighted by Gasteiger charge is 2.33. The second kappa shape index (κ2) is 9.54. The first-order valence-electron chi connectivity index (χ1n) is 9.25. The second-order valence-electron chi connectivity index (χ2n) is 6.85. The minimum atomic E-state index is -0.597. The fraction of sp³-hybridized carbons (Fsp3) is 0.381. The molecule has 3 N–H and O–H groups in total. The molecule has 0 spiro atoms. The van der Waals surface area contributed by atoms with E-state index in [0.29, 0.717) is 25.3 Å². The van der Waals surface area contributed by atoms with Crippen LogP contribution in [0.25, 0.3) is 0 Å². The van der Waals surface area contributed by atoms with Gasteiger partial charge in [0.2, 0.25) is 0 Å². The van der Waals surface area contributed by atoms with Gasteiger partial charge in [-0.2, -0.15) is 0 Å². The van der Waals surface area contributed by atoms with E-state index >= 15 is 0 Å². The zero-order chi connectivity index (χ0) is 19.9. The molecule has 2 aromatic rings. The summed E-state index contributed by atoms with van der Waals surface area (Å²) in [7, 11) is 1.63. The number of aliphatic hydroxyl groups is 2. The first-order valence-corrected chi connectivity index (χ1v) is 9.25. The number of ether oxygens (including phenoxy) is 2. The highest BCUT2D eigenvalue weighted by molar-refractivity contribution is 5.89. The molecule has 28 heavy (non-hydrogen) atoms. The van der Waals surface area contributed by atoms with Crippen molar-refractivity contribution in [2.75, 3.05) is 25.6 Å². The van der Waals surface area contributed by atoms with Gasteiger partial charge >= 0.3 is 6.03 Å². The monoisotopic (exact) mass is 386 g/mol. The number of carbonyl (C=O) groups is 1. The van der Waals surface area contributed by atoms with Crippen molar-refractivity contribution in [3.63, 3.8) is 0 Å². The van der Waals surface area contributed by atoms with Gasteiger partial charge in [0.1, 0.15) is 5.75 Å². The van der Waals surface area contributed by atoms with Gasteiger partial charge in [-0.25, -0.2) is 4.79 Å². The van der Waals surface area contributed by atoms with Crippen molar-refractivity contribution in [1.29, 1.82) is 0 Å². The third-order valence-corrected chi connectivity index (χ3v) is 4.74. The van der Waals surface area contributed by atoms with Crippen LogP contribution in [0.3, 0.4) is 0 Å². The number of hydrogen-bond donors (Lipinski definition) is 3. The fourth-order valence-corrected chi connectivity index (χ4v) is 3.26. The van der Waals surface area contributed by atoms with Crippen LogP contribution >= 0.6 is 0 Å². The van der Waals surface area contributed by atoms with Gasteiger partial charge in [-0.1, -0.05) is 24.3 Å². The van der Waals surface area contributed by atoms with Crippen LogP contribution < -0.4 is 10.1 Å². The van der Waals surface area contributed by atoms with Crippen LogP contribution in [-0.2, 0) is 18.0 Å². The third-order valence-electron chi connectivity index (χ3n) is 4.74. The van der Waals surface area contributed by atoms with Crippen LogP contribution in [-0.4, -0.2) is 53.6 Å². The molecule has 0 radical (unpaired) electrons. The largest absolute Gasteiger partial charge is 0.497 e. The minimum absolute atomic E-state index is 0.163. The van der Waals surface area contributed by atoms with Crippen molar-refractivity contribution in [2.45, 2.75) is 31.8 Å². The summed E-state index contributed by atoms with van der Waals surface area (Å²) in [5.74, 6) is 0.807. The summed E-state index contributed by atoms with van der Waals surface area (Å²) in [5.41, 5.74) is 2.63. The number of urea groups is 1. The van der Waals surface area contributed by atoms with Crippen LogP contribution in [0.15, 0.2) is 48.5 Å². The lowest BCUT2D eigenvalue weighted by atomic mass is 10.2. The molecule has 1 aliphatic heterocycles. The standard InChI is InChI=1S/C21H26N2O5/c1-27-20-7-5-15(6-8-20)13-28-14-16-3-2-4-17(9-16)22-21(26)23-11-19(25)10-18(23)12-24/h2-9,18-19,24-25H,10-14H2,1H3,(H,22,26)/t18-,19+/m0/s1. The van der Waals surface area contributed by atoms with Gasteiger partial charge in [-0.05, 0) is 41.8 Å². The Morgan fingerprint density at radius 2 is 1.93 bits per heavy atom. The van der Waals surface area contributed by atoms with E-state index in [2.05, 4.69) is 5.32 Å². The van der Waals surface area contributed by atoms with Gasteiger partial charge in [-0.3, -0.25) is 0 Å². The van der Waals surface area contributed by atoms with E-state index in [1.807, 2.05) is 42.5 Å². The summed E-state index contributed by atoms with van der Waals surface area (Å²) in [6.45, 7) is 0.952. The van der Waals surface area contributed by atoms with Crippen molar-refractivity contribution in [3.8, 4) is 5.75 Å². The zero-order valence-electron chi connectivity index (χ0n) is 15.9. The quantitative estimate of drug-likeness (QED) is 0.680. The Kier molecular flexibility index (Phi) is 6.86. The number of carbonyl (C=O) groups excluding carboxylic acids is 1. The normalized spacial score (nSPS) is 18.9. The van der Waals surface area contributed by atoms with Crippen LogP contribution in [0, 0.1) is 0 Å². The molecule has 1 heterocycles. The molecule has 7 nitrogen and oxygen atoms in total. The van der Waals surface area contributed by atoms with Crippen LogP contribution in [0.2, 0.25) is 0 Å². The predicted molar refractivity (Wildman–Crippen MR) is 105 cm³/mol. The van der Waals surface area contributed by atoms with Gasteiger partial charge in [0.05, 0.1) is 39.1 Å². The molecule has 0 saturated carbocycles. The first-order chi connectivity index (χ1) is 13.6. The number of benzene rings is 2. The minimum Gasteiger partial charge on any atom is -0.497 e. The highest BCUT2D eigenvalue weighted by Crippen LogP contribution is 2.20.